The molecule has 0 saturated heterocycles. The predicted molar refractivity (Wildman–Crippen MR) is 66.3 cm³/mol. The summed E-state index contributed by atoms with van der Waals surface area (Å²) in [6, 6.07) is 3.40. The third-order valence-corrected chi connectivity index (χ3v) is 3.29. The minimum absolute atomic E-state index is 0.443. The Balaban J connectivity index is 3.27. The monoisotopic (exact) mass is 400 g/mol. The molecule has 0 spiro atoms. The molecule has 0 aliphatic heterocycles. The molecule has 80 valence electrons. The molecule has 15 heavy (non-hydrogen) atoms. The summed E-state index contributed by atoms with van der Waals surface area (Å²) in [6.07, 6.45) is 0.947. The van der Waals surface area contributed by atoms with Gasteiger partial charge in [0.15, 0.2) is 0 Å². The van der Waals surface area contributed by atoms with Crippen LogP contribution < -0.4 is 0 Å². The van der Waals surface area contributed by atoms with E-state index in [-0.39, 0.29) is 0 Å². The molecule has 0 aromatic heterocycles. The number of aliphatic carboxylic acids is 1. The Hall–Kier alpha value is -0.200. The maximum Gasteiger partial charge on any atom is 0.364 e. The molecule has 0 unspecified atom stereocenters. The van der Waals surface area contributed by atoms with Crippen LogP contribution in [0, 0.1) is 0 Å². The van der Waals surface area contributed by atoms with Crippen molar-refractivity contribution in [3.05, 3.63) is 36.9 Å². The predicted octanol–water partition coefficient (Wildman–Crippen LogP) is 4.37. The van der Waals surface area contributed by atoms with Crippen LogP contribution in [0.1, 0.15) is 5.56 Å². The Labute approximate surface area is 111 Å². The molecule has 6 heteroatoms. The maximum atomic E-state index is 12.9. The zero-order valence-electron chi connectivity index (χ0n) is 7.10. The van der Waals surface area contributed by atoms with Gasteiger partial charge in [0.25, 0.3) is 0 Å². The molecule has 0 atom stereocenters. The first-order valence-corrected chi connectivity index (χ1v) is 6.04. The summed E-state index contributed by atoms with van der Waals surface area (Å²) >= 11 is 9.67. The largest absolute Gasteiger partial charge is 0.476 e. The van der Waals surface area contributed by atoms with Crippen molar-refractivity contribution in [2.45, 2.75) is 0 Å². The second-order valence-corrected chi connectivity index (χ2v) is 5.20. The van der Waals surface area contributed by atoms with E-state index in [9.17, 15) is 9.18 Å². The molecule has 1 aromatic carbocycles. The van der Waals surface area contributed by atoms with E-state index in [0.29, 0.717) is 14.5 Å². The molecule has 1 N–H and O–H groups in total. The molecule has 0 heterocycles. The maximum absolute atomic E-state index is 12.9. The van der Waals surface area contributed by atoms with Gasteiger partial charge in [-0.2, -0.15) is 4.39 Å². The fraction of sp³-hybridized carbons (Fsp3) is 0. The third-order valence-electron chi connectivity index (χ3n) is 1.52. The van der Waals surface area contributed by atoms with Crippen LogP contribution >= 0.6 is 47.8 Å². The molecule has 0 aliphatic rings. The van der Waals surface area contributed by atoms with Crippen LogP contribution in [0.25, 0.3) is 6.08 Å². The van der Waals surface area contributed by atoms with Crippen LogP contribution in [0.5, 0.6) is 0 Å². The highest BCUT2D eigenvalue weighted by Crippen LogP contribution is 2.31. The highest BCUT2D eigenvalue weighted by atomic mass is 79.9. The lowest BCUT2D eigenvalue weighted by atomic mass is 10.2. The number of carboxylic acid groups (broad SMARTS) is 1. The molecule has 0 aliphatic carbocycles. The zero-order chi connectivity index (χ0) is 11.6. The Bertz CT molecular complexity index is 420. The van der Waals surface area contributed by atoms with E-state index < -0.39 is 11.8 Å². The van der Waals surface area contributed by atoms with Crippen LogP contribution in [0.3, 0.4) is 0 Å². The Morgan fingerprint density at radius 2 is 1.73 bits per heavy atom. The number of halogens is 4. The minimum atomic E-state index is -1.59. The van der Waals surface area contributed by atoms with E-state index in [1.54, 1.807) is 12.1 Å². The molecule has 2 nitrogen and oxygen atoms in total. The molecule has 0 bridgehead atoms. The minimum Gasteiger partial charge on any atom is -0.476 e. The highest BCUT2D eigenvalue weighted by Gasteiger charge is 2.10. The fourth-order valence-electron chi connectivity index (χ4n) is 0.880. The van der Waals surface area contributed by atoms with Crippen LogP contribution in [0.4, 0.5) is 4.39 Å². The van der Waals surface area contributed by atoms with Crippen molar-refractivity contribution in [3.63, 3.8) is 0 Å². The van der Waals surface area contributed by atoms with E-state index in [4.69, 9.17) is 5.11 Å². The molecule has 0 fully saturated rings. The van der Waals surface area contributed by atoms with Gasteiger partial charge < -0.3 is 5.11 Å². The Morgan fingerprint density at radius 1 is 1.27 bits per heavy atom. The molecule has 0 amide bonds. The number of carbonyl (C=O) groups is 1. The van der Waals surface area contributed by atoms with Gasteiger partial charge in [-0.25, -0.2) is 4.79 Å². The van der Waals surface area contributed by atoms with Crippen molar-refractivity contribution in [1.29, 1.82) is 0 Å². The van der Waals surface area contributed by atoms with Gasteiger partial charge in [0.1, 0.15) is 0 Å². The molecule has 1 aromatic rings. The van der Waals surface area contributed by atoms with Gasteiger partial charge in [-0.05, 0) is 18.2 Å². The molecule has 1 rings (SSSR count). The van der Waals surface area contributed by atoms with Crippen molar-refractivity contribution in [2.75, 3.05) is 0 Å². The van der Waals surface area contributed by atoms with E-state index in [1.807, 2.05) is 0 Å². The standard InChI is InChI=1S/C9H4Br3FO2/c10-4-1-6(11)5(7(12)2-4)3-8(13)9(14)15/h1-3H,(H,14,15). The third kappa shape index (κ3) is 3.39. The summed E-state index contributed by atoms with van der Waals surface area (Å²) in [5.41, 5.74) is 0.443. The topological polar surface area (TPSA) is 37.3 Å². The second-order valence-electron chi connectivity index (χ2n) is 2.58. The van der Waals surface area contributed by atoms with Gasteiger partial charge in [-0.15, -0.1) is 0 Å². The molecular weight excluding hydrogens is 399 g/mol. The van der Waals surface area contributed by atoms with E-state index in [1.165, 1.54) is 0 Å². The van der Waals surface area contributed by atoms with Crippen LogP contribution in [-0.2, 0) is 4.79 Å². The molecular formula is C9H4Br3FO2. The number of carboxylic acids is 1. The number of benzene rings is 1. The van der Waals surface area contributed by atoms with Crippen molar-refractivity contribution in [2.24, 2.45) is 0 Å². The van der Waals surface area contributed by atoms with Crippen LogP contribution in [-0.4, -0.2) is 11.1 Å². The summed E-state index contributed by atoms with van der Waals surface area (Å²) in [5, 5.41) is 8.40. The lowest BCUT2D eigenvalue weighted by Crippen LogP contribution is -1.94. The van der Waals surface area contributed by atoms with E-state index in [2.05, 4.69) is 47.8 Å². The van der Waals surface area contributed by atoms with E-state index >= 15 is 0 Å². The fourth-order valence-corrected chi connectivity index (χ4v) is 3.37. The van der Waals surface area contributed by atoms with Gasteiger partial charge in [0.05, 0.1) is 0 Å². The van der Waals surface area contributed by atoms with Gasteiger partial charge in [-0.3, -0.25) is 0 Å². The van der Waals surface area contributed by atoms with Gasteiger partial charge >= 0.3 is 5.97 Å². The molecule has 0 saturated carbocycles. The number of hydrogen-bond donors (Lipinski definition) is 1. The van der Waals surface area contributed by atoms with Gasteiger partial charge in [-0.1, -0.05) is 47.8 Å². The highest BCUT2D eigenvalue weighted by molar-refractivity contribution is 9.11. The molecule has 0 radical (unpaired) electrons. The SMILES string of the molecule is O=C(O)C(F)=Cc1c(Br)cc(Br)cc1Br. The number of rotatable bonds is 2. The van der Waals surface area contributed by atoms with Crippen molar-refractivity contribution >= 4 is 59.8 Å². The normalized spacial score (nSPS) is 11.6. The van der Waals surface area contributed by atoms with Crippen LogP contribution in [0.15, 0.2) is 31.4 Å². The first kappa shape index (κ1) is 12.9. The average molecular weight is 403 g/mol. The first-order chi connectivity index (χ1) is 6.91. The lowest BCUT2D eigenvalue weighted by molar-refractivity contribution is -0.134. The zero-order valence-corrected chi connectivity index (χ0v) is 11.9. The summed E-state index contributed by atoms with van der Waals surface area (Å²) in [4.78, 5) is 10.3. The summed E-state index contributed by atoms with van der Waals surface area (Å²) in [7, 11) is 0. The van der Waals surface area contributed by atoms with Gasteiger partial charge in [0.2, 0.25) is 5.83 Å². The smallest absolute Gasteiger partial charge is 0.364 e. The van der Waals surface area contributed by atoms with Gasteiger partial charge in [0, 0.05) is 19.0 Å². The number of hydrogen-bond acceptors (Lipinski definition) is 1. The Morgan fingerprint density at radius 3 is 2.13 bits per heavy atom. The summed E-state index contributed by atoms with van der Waals surface area (Å²) in [5.74, 6) is -2.80. The second kappa shape index (κ2) is 5.23. The van der Waals surface area contributed by atoms with Crippen LogP contribution in [0.2, 0.25) is 0 Å². The van der Waals surface area contributed by atoms with Crippen molar-refractivity contribution in [3.8, 4) is 0 Å². The van der Waals surface area contributed by atoms with Crippen molar-refractivity contribution < 1.29 is 14.3 Å². The quantitative estimate of drug-likeness (QED) is 0.746. The average Bonchev–Trinajstić information content (AvgIpc) is 2.10. The summed E-state index contributed by atoms with van der Waals surface area (Å²) in [6.45, 7) is 0. The Kier molecular flexibility index (Phi) is 4.48. The van der Waals surface area contributed by atoms with E-state index in [0.717, 1.165) is 10.5 Å². The lowest BCUT2D eigenvalue weighted by Gasteiger charge is -2.03. The van der Waals surface area contributed by atoms with Crippen molar-refractivity contribution in [1.82, 2.24) is 0 Å². The first-order valence-electron chi connectivity index (χ1n) is 3.67. The summed E-state index contributed by atoms with van der Waals surface area (Å²) < 4.78 is 14.9.